The molecule has 1 aliphatic heterocycles. The van der Waals surface area contributed by atoms with E-state index in [0.717, 1.165) is 31.6 Å². The van der Waals surface area contributed by atoms with Crippen molar-refractivity contribution in [3.05, 3.63) is 47.8 Å². The second-order valence-corrected chi connectivity index (χ2v) is 6.69. The Bertz CT molecular complexity index is 807. The Morgan fingerprint density at radius 1 is 1.26 bits per heavy atom. The van der Waals surface area contributed by atoms with Gasteiger partial charge in [-0.15, -0.1) is 0 Å². The van der Waals surface area contributed by atoms with E-state index < -0.39 is 0 Å². The third-order valence-corrected chi connectivity index (χ3v) is 4.47. The van der Waals surface area contributed by atoms with Crippen molar-refractivity contribution in [2.75, 3.05) is 25.0 Å². The summed E-state index contributed by atoms with van der Waals surface area (Å²) in [6.45, 7) is 5.80. The Balaban J connectivity index is 1.68. The molecular formula is C20H24N4O3. The van der Waals surface area contributed by atoms with Crippen molar-refractivity contribution in [1.82, 2.24) is 14.9 Å². The minimum atomic E-state index is -0.358. The van der Waals surface area contributed by atoms with Crippen molar-refractivity contribution in [3.63, 3.8) is 0 Å². The topological polar surface area (TPSA) is 84.4 Å². The molecule has 27 heavy (non-hydrogen) atoms. The zero-order valence-electron chi connectivity index (χ0n) is 15.6. The lowest BCUT2D eigenvalue weighted by atomic mass is 10.00. The number of esters is 1. The first kappa shape index (κ1) is 18.8. The molecular weight excluding hydrogens is 344 g/mol. The molecule has 1 N–H and O–H groups in total. The average molecular weight is 368 g/mol. The number of nitrogens with one attached hydrogen (secondary N) is 1. The number of carbonyl (C=O) groups excluding carboxylic acids is 2. The summed E-state index contributed by atoms with van der Waals surface area (Å²) in [6, 6.07) is 8.47. The first-order chi connectivity index (χ1) is 13.1. The largest absolute Gasteiger partial charge is 0.462 e. The van der Waals surface area contributed by atoms with Gasteiger partial charge in [-0.1, -0.05) is 6.92 Å². The predicted octanol–water partition coefficient (Wildman–Crippen LogP) is 3.27. The summed E-state index contributed by atoms with van der Waals surface area (Å²) in [6.07, 6.45) is 3.75. The minimum Gasteiger partial charge on any atom is -0.462 e. The number of amides is 1. The van der Waals surface area contributed by atoms with Crippen LogP contribution in [0.2, 0.25) is 0 Å². The molecule has 1 amide bonds. The van der Waals surface area contributed by atoms with Crippen LogP contribution in [-0.4, -0.2) is 46.4 Å². The lowest BCUT2D eigenvalue weighted by Gasteiger charge is -2.30. The van der Waals surface area contributed by atoms with Crippen LogP contribution >= 0.6 is 0 Å². The standard InChI is InChI=1S/C20H24N4O3/c1-3-27-19(26)15-6-8-16(9-7-15)22-20-21-11-10-17(23-20)18(25)24-12-4-5-14(2)13-24/h6-11,14H,3-5,12-13H2,1-2H3,(H,21,22,23). The van der Waals surface area contributed by atoms with Crippen LogP contribution in [0.25, 0.3) is 0 Å². The molecule has 1 unspecified atom stereocenters. The highest BCUT2D eigenvalue weighted by molar-refractivity contribution is 5.92. The molecule has 7 nitrogen and oxygen atoms in total. The average Bonchev–Trinajstić information content (AvgIpc) is 2.68. The molecule has 1 aliphatic rings. The molecule has 1 atom stereocenters. The minimum absolute atomic E-state index is 0.0651. The lowest BCUT2D eigenvalue weighted by molar-refractivity contribution is 0.0526. The van der Waals surface area contributed by atoms with Gasteiger partial charge in [0, 0.05) is 25.0 Å². The van der Waals surface area contributed by atoms with Crippen LogP contribution in [0.15, 0.2) is 36.5 Å². The first-order valence-corrected chi connectivity index (χ1v) is 9.23. The fraction of sp³-hybridized carbons (Fsp3) is 0.400. The summed E-state index contributed by atoms with van der Waals surface area (Å²) < 4.78 is 4.97. The third-order valence-electron chi connectivity index (χ3n) is 4.47. The Hall–Kier alpha value is -2.96. The Morgan fingerprint density at radius 2 is 2.04 bits per heavy atom. The maximum absolute atomic E-state index is 12.7. The predicted molar refractivity (Wildman–Crippen MR) is 102 cm³/mol. The van der Waals surface area contributed by atoms with Crippen LogP contribution in [0.4, 0.5) is 11.6 Å². The van der Waals surface area contributed by atoms with Gasteiger partial charge in [0.05, 0.1) is 12.2 Å². The monoisotopic (exact) mass is 368 g/mol. The van der Waals surface area contributed by atoms with Crippen LogP contribution in [0, 0.1) is 5.92 Å². The second-order valence-electron chi connectivity index (χ2n) is 6.69. The quantitative estimate of drug-likeness (QED) is 0.816. The molecule has 2 heterocycles. The van der Waals surface area contributed by atoms with Crippen molar-refractivity contribution in [1.29, 1.82) is 0 Å². The number of benzene rings is 1. The van der Waals surface area contributed by atoms with Crippen LogP contribution in [0.1, 0.15) is 47.5 Å². The van der Waals surface area contributed by atoms with E-state index in [0.29, 0.717) is 29.7 Å². The normalized spacial score (nSPS) is 16.7. The second kappa shape index (κ2) is 8.62. The van der Waals surface area contributed by atoms with Crippen molar-refractivity contribution in [2.24, 2.45) is 5.92 Å². The van der Waals surface area contributed by atoms with Gasteiger partial charge in [-0.2, -0.15) is 0 Å². The van der Waals surface area contributed by atoms with Crippen molar-refractivity contribution in [2.45, 2.75) is 26.7 Å². The number of carbonyl (C=O) groups is 2. The molecule has 1 aromatic carbocycles. The molecule has 0 aliphatic carbocycles. The number of hydrogen-bond donors (Lipinski definition) is 1. The van der Waals surface area contributed by atoms with E-state index >= 15 is 0 Å². The number of likely N-dealkylation sites (tertiary alicyclic amines) is 1. The van der Waals surface area contributed by atoms with Crippen molar-refractivity contribution >= 4 is 23.5 Å². The summed E-state index contributed by atoms with van der Waals surface area (Å²) in [7, 11) is 0. The highest BCUT2D eigenvalue weighted by Gasteiger charge is 2.23. The molecule has 0 bridgehead atoms. The molecule has 1 saturated heterocycles. The van der Waals surface area contributed by atoms with Crippen molar-refractivity contribution < 1.29 is 14.3 Å². The fourth-order valence-corrected chi connectivity index (χ4v) is 3.11. The summed E-state index contributed by atoms with van der Waals surface area (Å²) in [5.74, 6) is 0.433. The van der Waals surface area contributed by atoms with Crippen LogP contribution in [0.5, 0.6) is 0 Å². The van der Waals surface area contributed by atoms with Crippen LogP contribution in [-0.2, 0) is 4.74 Å². The molecule has 1 fully saturated rings. The Kier molecular flexibility index (Phi) is 6.01. The molecule has 2 aromatic rings. The van der Waals surface area contributed by atoms with Gasteiger partial charge in [0.15, 0.2) is 0 Å². The molecule has 0 saturated carbocycles. The maximum Gasteiger partial charge on any atom is 0.338 e. The fourth-order valence-electron chi connectivity index (χ4n) is 3.11. The number of hydrogen-bond acceptors (Lipinski definition) is 6. The van der Waals surface area contributed by atoms with Gasteiger partial charge in [0.25, 0.3) is 5.91 Å². The third kappa shape index (κ3) is 4.81. The number of nitrogens with zero attached hydrogens (tertiary/aromatic N) is 3. The van der Waals surface area contributed by atoms with Gasteiger partial charge < -0.3 is 15.0 Å². The van der Waals surface area contributed by atoms with E-state index in [1.54, 1.807) is 43.5 Å². The summed E-state index contributed by atoms with van der Waals surface area (Å²) in [5, 5.41) is 3.06. The Morgan fingerprint density at radius 3 is 2.74 bits per heavy atom. The van der Waals surface area contributed by atoms with Gasteiger partial charge in [-0.05, 0) is 56.0 Å². The molecule has 142 valence electrons. The number of ether oxygens (including phenoxy) is 1. The molecule has 7 heteroatoms. The highest BCUT2D eigenvalue weighted by atomic mass is 16.5. The number of anilines is 2. The summed E-state index contributed by atoms with van der Waals surface area (Å²) in [5.41, 5.74) is 1.58. The van der Waals surface area contributed by atoms with E-state index in [-0.39, 0.29) is 11.9 Å². The highest BCUT2D eigenvalue weighted by Crippen LogP contribution is 2.19. The smallest absolute Gasteiger partial charge is 0.338 e. The molecule has 3 rings (SSSR count). The SMILES string of the molecule is CCOC(=O)c1ccc(Nc2nccc(C(=O)N3CCCC(C)C3)n2)cc1. The van der Waals surface area contributed by atoms with Crippen LogP contribution in [0.3, 0.4) is 0 Å². The van der Waals surface area contributed by atoms with Gasteiger partial charge >= 0.3 is 5.97 Å². The first-order valence-electron chi connectivity index (χ1n) is 9.23. The van der Waals surface area contributed by atoms with Gasteiger partial charge in [0.2, 0.25) is 5.95 Å². The molecule has 0 spiro atoms. The van der Waals surface area contributed by atoms with Gasteiger partial charge in [0.1, 0.15) is 5.69 Å². The number of piperidine rings is 1. The van der Waals surface area contributed by atoms with Gasteiger partial charge in [-0.3, -0.25) is 4.79 Å². The van der Waals surface area contributed by atoms with Crippen molar-refractivity contribution in [3.8, 4) is 0 Å². The Labute approximate surface area is 158 Å². The maximum atomic E-state index is 12.7. The summed E-state index contributed by atoms with van der Waals surface area (Å²) in [4.78, 5) is 34.8. The zero-order valence-corrected chi connectivity index (χ0v) is 15.6. The molecule has 0 radical (unpaired) electrons. The van der Waals surface area contributed by atoms with E-state index in [9.17, 15) is 9.59 Å². The number of rotatable bonds is 5. The van der Waals surface area contributed by atoms with E-state index in [4.69, 9.17) is 4.74 Å². The van der Waals surface area contributed by atoms with E-state index in [2.05, 4.69) is 22.2 Å². The zero-order chi connectivity index (χ0) is 19.2. The molecule has 1 aromatic heterocycles. The van der Waals surface area contributed by atoms with Gasteiger partial charge in [-0.25, -0.2) is 14.8 Å². The number of aromatic nitrogens is 2. The van der Waals surface area contributed by atoms with E-state index in [1.807, 2.05) is 4.90 Å². The lowest BCUT2D eigenvalue weighted by Crippen LogP contribution is -2.39. The summed E-state index contributed by atoms with van der Waals surface area (Å²) >= 11 is 0. The van der Waals surface area contributed by atoms with Crippen LogP contribution < -0.4 is 5.32 Å². The van der Waals surface area contributed by atoms with E-state index in [1.165, 1.54) is 0 Å².